The molecule has 0 saturated carbocycles. The first-order valence-corrected chi connectivity index (χ1v) is 16.3. The quantitative estimate of drug-likeness (QED) is 0.163. The number of unbranched alkanes of at least 4 members (excludes halogenated alkanes) is 3. The summed E-state index contributed by atoms with van der Waals surface area (Å²) in [7, 11) is 1.74. The van der Waals surface area contributed by atoms with Crippen molar-refractivity contribution in [1.82, 2.24) is 0 Å². The van der Waals surface area contributed by atoms with E-state index >= 15 is 0 Å². The lowest BCUT2D eigenvalue weighted by Gasteiger charge is -2.10. The van der Waals surface area contributed by atoms with Crippen molar-refractivity contribution in [2.45, 2.75) is 152 Å². The lowest BCUT2D eigenvalue weighted by molar-refractivity contribution is 0.0939. The Morgan fingerprint density at radius 3 is 1.33 bits per heavy atom. The van der Waals surface area contributed by atoms with Crippen molar-refractivity contribution in [3.05, 3.63) is 0 Å². The average Bonchev–Trinajstić information content (AvgIpc) is 3.34. The molecule has 0 aliphatic carbocycles. The molecule has 39 heavy (non-hydrogen) atoms. The zero-order chi connectivity index (χ0) is 30.9. The second-order valence-electron chi connectivity index (χ2n) is 12.9. The van der Waals surface area contributed by atoms with E-state index in [1.165, 1.54) is 57.8 Å². The molecule has 1 fully saturated rings. The molecule has 5 nitrogen and oxygen atoms in total. The predicted octanol–water partition coefficient (Wildman–Crippen LogP) is 8.92. The molecule has 0 aromatic heterocycles. The Bertz CT molecular complexity index is 391. The van der Waals surface area contributed by atoms with E-state index in [-0.39, 0.29) is 0 Å². The highest BCUT2D eigenvalue weighted by Gasteiger charge is 2.15. The Balaban J connectivity index is -0.000000198. The highest BCUT2D eigenvalue weighted by Crippen LogP contribution is 2.18. The van der Waals surface area contributed by atoms with Crippen LogP contribution in [0.4, 0.5) is 0 Å². The molecule has 1 unspecified atom stereocenters. The Hall–Kier alpha value is -0.200. The molecule has 0 bridgehead atoms. The van der Waals surface area contributed by atoms with Gasteiger partial charge in [0.05, 0.1) is 6.10 Å². The van der Waals surface area contributed by atoms with E-state index in [0.29, 0.717) is 31.8 Å². The Labute approximate surface area is 246 Å². The molecule has 1 saturated heterocycles. The fraction of sp³-hybridized carbons (Fsp3) is 1.00. The second kappa shape index (κ2) is 37.8. The first-order valence-electron chi connectivity index (χ1n) is 16.3. The third-order valence-corrected chi connectivity index (χ3v) is 5.99. The molecule has 1 atom stereocenters. The van der Waals surface area contributed by atoms with Gasteiger partial charge in [-0.1, -0.05) is 101 Å². The Kier molecular flexibility index (Phi) is 44.4. The molecule has 5 heteroatoms. The van der Waals surface area contributed by atoms with Crippen molar-refractivity contribution in [2.24, 2.45) is 29.6 Å². The molecular weight excluding hydrogens is 488 g/mol. The van der Waals surface area contributed by atoms with E-state index in [2.05, 4.69) is 69.2 Å². The molecule has 0 radical (unpaired) electrons. The summed E-state index contributed by atoms with van der Waals surface area (Å²) in [5.41, 5.74) is 0. The smallest absolute Gasteiger partial charge is 0.0578 e. The van der Waals surface area contributed by atoms with Crippen LogP contribution in [0.3, 0.4) is 0 Å². The van der Waals surface area contributed by atoms with Gasteiger partial charge in [0.25, 0.3) is 0 Å². The molecule has 1 heterocycles. The van der Waals surface area contributed by atoms with Gasteiger partial charge in [-0.3, -0.25) is 0 Å². The minimum Gasteiger partial charge on any atom is -0.396 e. The molecular formula is C34H76O5. The number of hydrogen-bond acceptors (Lipinski definition) is 5. The maximum absolute atomic E-state index is 8.43. The predicted molar refractivity (Wildman–Crippen MR) is 172 cm³/mol. The number of ether oxygens (including phenoxy) is 2. The number of aliphatic hydroxyl groups is 3. The van der Waals surface area contributed by atoms with Crippen molar-refractivity contribution in [3.63, 3.8) is 0 Å². The Morgan fingerprint density at radius 1 is 0.590 bits per heavy atom. The third-order valence-electron chi connectivity index (χ3n) is 5.99. The van der Waals surface area contributed by atoms with E-state index in [1.807, 2.05) is 0 Å². The van der Waals surface area contributed by atoms with Crippen LogP contribution >= 0.6 is 0 Å². The van der Waals surface area contributed by atoms with Gasteiger partial charge in [-0.15, -0.1) is 0 Å². The summed E-state index contributed by atoms with van der Waals surface area (Å²) in [6, 6.07) is 0. The summed E-state index contributed by atoms with van der Waals surface area (Å²) in [6.45, 7) is 24.9. The second-order valence-corrected chi connectivity index (χ2v) is 12.9. The van der Waals surface area contributed by atoms with Crippen LogP contribution in [0.1, 0.15) is 146 Å². The van der Waals surface area contributed by atoms with Crippen molar-refractivity contribution in [2.75, 3.05) is 40.1 Å². The lowest BCUT2D eigenvalue weighted by Crippen LogP contribution is -2.07. The summed E-state index contributed by atoms with van der Waals surface area (Å²) in [6.07, 6.45) is 14.7. The van der Waals surface area contributed by atoms with Gasteiger partial charge in [-0.25, -0.2) is 0 Å². The maximum atomic E-state index is 8.43. The van der Waals surface area contributed by atoms with Crippen LogP contribution in [0, 0.1) is 29.6 Å². The minimum atomic E-state index is 0.331. The van der Waals surface area contributed by atoms with Gasteiger partial charge >= 0.3 is 0 Å². The summed E-state index contributed by atoms with van der Waals surface area (Å²) in [5, 5.41) is 25.0. The minimum absolute atomic E-state index is 0.331. The number of rotatable bonds is 16. The van der Waals surface area contributed by atoms with Gasteiger partial charge in [0.1, 0.15) is 0 Å². The molecule has 0 aromatic rings. The first kappa shape index (κ1) is 45.8. The molecule has 0 aromatic carbocycles. The monoisotopic (exact) mass is 565 g/mol. The number of methoxy groups -OCH3 is 1. The van der Waals surface area contributed by atoms with Crippen LogP contribution in [0.2, 0.25) is 0 Å². The van der Waals surface area contributed by atoms with Crippen LogP contribution in [0.15, 0.2) is 0 Å². The number of hydrogen-bond donors (Lipinski definition) is 3. The van der Waals surface area contributed by atoms with Gasteiger partial charge in [0, 0.05) is 40.1 Å². The van der Waals surface area contributed by atoms with E-state index in [4.69, 9.17) is 24.8 Å². The van der Waals surface area contributed by atoms with E-state index in [9.17, 15) is 0 Å². The third kappa shape index (κ3) is 58.4. The average molecular weight is 565 g/mol. The van der Waals surface area contributed by atoms with E-state index in [0.717, 1.165) is 56.1 Å². The maximum Gasteiger partial charge on any atom is 0.0578 e. The van der Waals surface area contributed by atoms with Crippen LogP contribution in [0.5, 0.6) is 0 Å². The van der Waals surface area contributed by atoms with Crippen molar-refractivity contribution < 1.29 is 24.8 Å². The molecule has 242 valence electrons. The van der Waals surface area contributed by atoms with Crippen LogP contribution in [-0.2, 0) is 9.47 Å². The lowest BCUT2D eigenvalue weighted by atomic mass is 10.0. The summed E-state index contributed by atoms with van der Waals surface area (Å²) >= 11 is 0. The normalized spacial score (nSPS) is 14.4. The fourth-order valence-electron chi connectivity index (χ4n) is 3.47. The summed E-state index contributed by atoms with van der Waals surface area (Å²) in [4.78, 5) is 0. The van der Waals surface area contributed by atoms with E-state index in [1.54, 1.807) is 7.11 Å². The van der Waals surface area contributed by atoms with Crippen LogP contribution in [-0.4, -0.2) is 61.6 Å². The summed E-state index contributed by atoms with van der Waals surface area (Å²) in [5.74, 6) is 3.84. The van der Waals surface area contributed by atoms with Gasteiger partial charge < -0.3 is 24.8 Å². The van der Waals surface area contributed by atoms with Crippen molar-refractivity contribution >= 4 is 0 Å². The highest BCUT2D eigenvalue weighted by molar-refractivity contribution is 4.65. The molecule has 1 aliphatic rings. The van der Waals surface area contributed by atoms with E-state index < -0.39 is 0 Å². The SMILES string of the molecule is CC(C)CC1CCCO1.CC(C)CCCCCO.CC(C)CCCCO.CC(C)CCO.COCCC(C)C. The highest BCUT2D eigenvalue weighted by atomic mass is 16.5. The van der Waals surface area contributed by atoms with Crippen molar-refractivity contribution in [1.29, 1.82) is 0 Å². The van der Waals surface area contributed by atoms with Gasteiger partial charge in [0.2, 0.25) is 0 Å². The van der Waals surface area contributed by atoms with Gasteiger partial charge in [0.15, 0.2) is 0 Å². The first-order chi connectivity index (χ1) is 18.4. The standard InChI is InChI=1S/C8H16O.C8H18O.C7H16O.C6H14O.C5H12O/c1-7(2)6-8-4-3-5-9-8;1-8(2)6-4-3-5-7-9;1-7(2)5-3-4-6-8;1-6(2)4-5-7-3;1-5(2)3-4-6/h7-8H,3-6H2,1-2H3;8-9H,3-7H2,1-2H3;7-8H,3-6H2,1-2H3;6H,4-5H2,1-3H3;5-6H,3-4H2,1-2H3. The topological polar surface area (TPSA) is 79.2 Å². The molecule has 1 aliphatic heterocycles. The fourth-order valence-corrected chi connectivity index (χ4v) is 3.47. The van der Waals surface area contributed by atoms with Gasteiger partial charge in [-0.2, -0.15) is 0 Å². The molecule has 0 spiro atoms. The Morgan fingerprint density at radius 2 is 1.05 bits per heavy atom. The molecule has 1 rings (SSSR count). The zero-order valence-electron chi connectivity index (χ0n) is 28.6. The summed E-state index contributed by atoms with van der Waals surface area (Å²) < 4.78 is 10.3. The van der Waals surface area contributed by atoms with Gasteiger partial charge in [-0.05, 0) is 74.5 Å². The molecule has 3 N–H and O–H groups in total. The number of aliphatic hydroxyl groups excluding tert-OH is 3. The zero-order valence-corrected chi connectivity index (χ0v) is 28.6. The molecule has 0 amide bonds. The largest absolute Gasteiger partial charge is 0.396 e. The van der Waals surface area contributed by atoms with Crippen molar-refractivity contribution in [3.8, 4) is 0 Å². The van der Waals surface area contributed by atoms with Crippen LogP contribution in [0.25, 0.3) is 0 Å². The van der Waals surface area contributed by atoms with Crippen LogP contribution < -0.4 is 0 Å².